The lowest BCUT2D eigenvalue weighted by molar-refractivity contribution is -0.118. The molecule has 0 aromatic heterocycles. The Morgan fingerprint density at radius 3 is 2.58 bits per heavy atom. The molecule has 0 bridgehead atoms. The fraction of sp³-hybridized carbons (Fsp3) is 0.524. The second kappa shape index (κ2) is 4.59. The number of carbonyl (C=O) groups excluding carboxylic acids is 1. The molecule has 24 heavy (non-hydrogen) atoms. The molecule has 1 N–H and O–H groups in total. The minimum atomic E-state index is -0.316. The Balaban J connectivity index is 2.03. The number of hydrogen-bond donors (Lipinski definition) is 1. The zero-order valence-corrected chi connectivity index (χ0v) is 15.2. The van der Waals surface area contributed by atoms with E-state index in [1.165, 1.54) is 5.56 Å². The van der Waals surface area contributed by atoms with Gasteiger partial charge in [-0.3, -0.25) is 9.79 Å². The maximum Gasteiger partial charge on any atom is 0.161 e. The number of hydrogen-bond acceptors (Lipinski definition) is 3. The lowest BCUT2D eigenvalue weighted by Crippen LogP contribution is -2.60. The van der Waals surface area contributed by atoms with Crippen LogP contribution in [0.2, 0.25) is 0 Å². The van der Waals surface area contributed by atoms with Crippen molar-refractivity contribution in [2.75, 3.05) is 5.32 Å². The van der Waals surface area contributed by atoms with Gasteiger partial charge in [0.05, 0.1) is 22.2 Å². The monoisotopic (exact) mass is 322 g/mol. The standard InChI is InChI=1S/C21H26N2O/c1-13(2)15-10-21-12-19(3,4)23-18(21)14-8-6-7-9-16(14)22-20(21,5)11-17(15)24/h6-10,13,22H,11-12H2,1-5H3/t20-,21+/m0/s1. The zero-order valence-electron chi connectivity index (χ0n) is 15.2. The van der Waals surface area contributed by atoms with Crippen molar-refractivity contribution < 1.29 is 4.79 Å². The molecule has 126 valence electrons. The molecular formula is C21H26N2O. The molecule has 1 spiro atoms. The van der Waals surface area contributed by atoms with Crippen molar-refractivity contribution in [1.82, 2.24) is 0 Å². The first-order chi connectivity index (χ1) is 11.2. The van der Waals surface area contributed by atoms with E-state index in [4.69, 9.17) is 4.99 Å². The van der Waals surface area contributed by atoms with Gasteiger partial charge in [0, 0.05) is 17.7 Å². The number of nitrogens with zero attached hydrogens (tertiary/aromatic N) is 1. The molecule has 3 heteroatoms. The van der Waals surface area contributed by atoms with Gasteiger partial charge in [-0.25, -0.2) is 0 Å². The van der Waals surface area contributed by atoms with Gasteiger partial charge < -0.3 is 5.32 Å². The third kappa shape index (κ3) is 1.90. The van der Waals surface area contributed by atoms with Crippen LogP contribution in [0, 0.1) is 11.3 Å². The van der Waals surface area contributed by atoms with E-state index in [0.29, 0.717) is 6.42 Å². The molecule has 2 aliphatic heterocycles. The van der Waals surface area contributed by atoms with E-state index < -0.39 is 0 Å². The van der Waals surface area contributed by atoms with Gasteiger partial charge in [-0.1, -0.05) is 38.1 Å². The molecular weight excluding hydrogens is 296 g/mol. The van der Waals surface area contributed by atoms with Crippen molar-refractivity contribution in [1.29, 1.82) is 0 Å². The molecule has 3 nitrogen and oxygen atoms in total. The van der Waals surface area contributed by atoms with Crippen LogP contribution in [0.25, 0.3) is 0 Å². The van der Waals surface area contributed by atoms with Gasteiger partial charge in [0.1, 0.15) is 0 Å². The summed E-state index contributed by atoms with van der Waals surface area (Å²) in [6, 6.07) is 8.38. The predicted molar refractivity (Wildman–Crippen MR) is 98.7 cm³/mol. The fourth-order valence-electron chi connectivity index (χ4n) is 4.91. The highest BCUT2D eigenvalue weighted by Gasteiger charge is 2.61. The Labute approximate surface area is 144 Å². The van der Waals surface area contributed by atoms with Crippen LogP contribution in [0.15, 0.2) is 40.9 Å². The third-order valence-corrected chi connectivity index (χ3v) is 5.99. The molecule has 1 aliphatic carbocycles. The van der Waals surface area contributed by atoms with E-state index in [0.717, 1.165) is 23.4 Å². The van der Waals surface area contributed by atoms with Crippen molar-refractivity contribution >= 4 is 17.2 Å². The highest BCUT2D eigenvalue weighted by Crippen LogP contribution is 2.58. The number of aliphatic imine (C=N–C) groups is 1. The summed E-state index contributed by atoms with van der Waals surface area (Å²) in [5.41, 5.74) is 3.78. The van der Waals surface area contributed by atoms with Gasteiger partial charge in [0.2, 0.25) is 0 Å². The summed E-state index contributed by atoms with van der Waals surface area (Å²) in [5, 5.41) is 3.72. The lowest BCUT2D eigenvalue weighted by Gasteiger charge is -2.53. The summed E-state index contributed by atoms with van der Waals surface area (Å²) in [6.45, 7) is 10.8. The molecule has 0 unspecified atom stereocenters. The number of Topliss-reactive ketones (excluding diaryl/α,β-unsaturated/α-hetero) is 1. The van der Waals surface area contributed by atoms with Crippen molar-refractivity contribution in [3.8, 4) is 0 Å². The summed E-state index contributed by atoms with van der Waals surface area (Å²) in [4.78, 5) is 17.9. The van der Waals surface area contributed by atoms with Crippen molar-refractivity contribution in [3.63, 3.8) is 0 Å². The van der Waals surface area contributed by atoms with E-state index >= 15 is 0 Å². The predicted octanol–water partition coefficient (Wildman–Crippen LogP) is 4.38. The van der Waals surface area contributed by atoms with Gasteiger partial charge in [0.15, 0.2) is 5.78 Å². The van der Waals surface area contributed by atoms with Crippen molar-refractivity contribution in [2.45, 2.75) is 58.5 Å². The first kappa shape index (κ1) is 15.6. The smallest absolute Gasteiger partial charge is 0.161 e. The van der Waals surface area contributed by atoms with Gasteiger partial charge in [-0.15, -0.1) is 0 Å². The van der Waals surface area contributed by atoms with E-state index in [1.54, 1.807) is 0 Å². The average Bonchev–Trinajstić information content (AvgIpc) is 2.76. The number of rotatable bonds is 1. The Hall–Kier alpha value is -1.90. The molecule has 0 saturated carbocycles. The Bertz CT molecular complexity index is 802. The number of carbonyl (C=O) groups is 1. The fourth-order valence-corrected chi connectivity index (χ4v) is 4.91. The molecule has 4 rings (SSSR count). The highest BCUT2D eigenvalue weighted by molar-refractivity contribution is 6.16. The highest BCUT2D eigenvalue weighted by atomic mass is 16.1. The molecule has 0 amide bonds. The molecule has 0 radical (unpaired) electrons. The maximum absolute atomic E-state index is 12.8. The molecule has 1 aromatic rings. The van der Waals surface area contributed by atoms with Gasteiger partial charge in [-0.2, -0.15) is 0 Å². The second-order valence-electron chi connectivity index (χ2n) is 8.78. The third-order valence-electron chi connectivity index (χ3n) is 5.99. The molecule has 0 saturated heterocycles. The normalized spacial score (nSPS) is 33.2. The number of benzene rings is 1. The van der Waals surface area contributed by atoms with Crippen LogP contribution < -0.4 is 5.32 Å². The first-order valence-electron chi connectivity index (χ1n) is 8.91. The summed E-state index contributed by atoms with van der Waals surface area (Å²) >= 11 is 0. The number of ketones is 1. The van der Waals surface area contributed by atoms with Crippen LogP contribution >= 0.6 is 0 Å². The van der Waals surface area contributed by atoms with E-state index in [2.05, 4.69) is 64.2 Å². The number of para-hydroxylation sites is 1. The summed E-state index contributed by atoms with van der Waals surface area (Å²) in [6.07, 6.45) is 3.73. The van der Waals surface area contributed by atoms with Gasteiger partial charge >= 0.3 is 0 Å². The number of nitrogens with one attached hydrogen (secondary N) is 1. The molecule has 1 aromatic carbocycles. The number of fused-ring (bicyclic) bond motifs is 2. The Morgan fingerprint density at radius 1 is 1.17 bits per heavy atom. The summed E-state index contributed by atoms with van der Waals surface area (Å²) < 4.78 is 0. The van der Waals surface area contributed by atoms with Crippen molar-refractivity contribution in [3.05, 3.63) is 41.5 Å². The summed E-state index contributed by atoms with van der Waals surface area (Å²) in [5.74, 6) is 0.521. The topological polar surface area (TPSA) is 41.5 Å². The minimum absolute atomic E-state index is 0.116. The van der Waals surface area contributed by atoms with Crippen LogP contribution in [0.3, 0.4) is 0 Å². The molecule has 2 heterocycles. The second-order valence-corrected chi connectivity index (χ2v) is 8.78. The van der Waals surface area contributed by atoms with Crippen LogP contribution in [-0.2, 0) is 4.79 Å². The van der Waals surface area contributed by atoms with E-state index in [9.17, 15) is 4.79 Å². The van der Waals surface area contributed by atoms with Crippen molar-refractivity contribution in [2.24, 2.45) is 16.3 Å². The van der Waals surface area contributed by atoms with Crippen LogP contribution in [0.4, 0.5) is 5.69 Å². The lowest BCUT2D eigenvalue weighted by atomic mass is 9.55. The SMILES string of the molecule is CC(C)C1=C[C@@]23CC(C)(C)N=C2c2ccccc2N[C@@]3(C)CC1=O. The van der Waals surface area contributed by atoms with Crippen LogP contribution in [0.1, 0.15) is 53.0 Å². The Kier molecular flexibility index (Phi) is 2.99. The first-order valence-corrected chi connectivity index (χ1v) is 8.91. The van der Waals surface area contributed by atoms with Crippen LogP contribution in [-0.4, -0.2) is 22.6 Å². The van der Waals surface area contributed by atoms with E-state index in [1.807, 2.05) is 6.07 Å². The average molecular weight is 322 g/mol. The van der Waals surface area contributed by atoms with Gasteiger partial charge in [-0.05, 0) is 44.7 Å². The maximum atomic E-state index is 12.8. The quantitative estimate of drug-likeness (QED) is 0.833. The summed E-state index contributed by atoms with van der Waals surface area (Å²) in [7, 11) is 0. The van der Waals surface area contributed by atoms with Gasteiger partial charge in [0.25, 0.3) is 0 Å². The minimum Gasteiger partial charge on any atom is -0.378 e. The largest absolute Gasteiger partial charge is 0.378 e. The number of allylic oxidation sites excluding steroid dienone is 1. The van der Waals surface area contributed by atoms with E-state index in [-0.39, 0.29) is 28.2 Å². The number of anilines is 1. The molecule has 0 fully saturated rings. The molecule has 3 aliphatic rings. The Morgan fingerprint density at radius 2 is 1.88 bits per heavy atom. The van der Waals surface area contributed by atoms with Crippen LogP contribution in [0.5, 0.6) is 0 Å². The molecule has 2 atom stereocenters. The zero-order chi connectivity index (χ0) is 17.3.